The van der Waals surface area contributed by atoms with Crippen LogP contribution in [0.4, 0.5) is 0 Å². The van der Waals surface area contributed by atoms with Gasteiger partial charge in [0.05, 0.1) is 6.61 Å². The Morgan fingerprint density at radius 1 is 1.07 bits per heavy atom. The molecule has 1 unspecified atom stereocenters. The standard InChI is InChI=1S/C22H25NO4/c1-11(2)15-6-8-16(9-7-15)17-10-26-20-13(4)12(3)19(14(5)18(17)20)27-22(25)21(23)24/h6-9,11,17H,10H2,1-5H3,(H2,23,24). The highest BCUT2D eigenvalue weighted by Crippen LogP contribution is 2.47. The molecular weight excluding hydrogens is 342 g/mol. The lowest BCUT2D eigenvalue weighted by Gasteiger charge is -2.19. The van der Waals surface area contributed by atoms with Gasteiger partial charge in [0.1, 0.15) is 11.5 Å². The van der Waals surface area contributed by atoms with E-state index in [-0.39, 0.29) is 5.92 Å². The summed E-state index contributed by atoms with van der Waals surface area (Å²) in [6.45, 7) is 10.5. The number of rotatable bonds is 3. The number of fused-ring (bicyclic) bond motifs is 1. The third-order valence-corrected chi connectivity index (χ3v) is 5.38. The van der Waals surface area contributed by atoms with E-state index in [0.717, 1.165) is 33.6 Å². The molecule has 2 aromatic rings. The number of amides is 1. The third-order valence-electron chi connectivity index (χ3n) is 5.38. The third kappa shape index (κ3) is 3.29. The lowest BCUT2D eigenvalue weighted by molar-refractivity contribution is -0.146. The van der Waals surface area contributed by atoms with Crippen molar-refractivity contribution in [1.82, 2.24) is 0 Å². The van der Waals surface area contributed by atoms with Gasteiger partial charge < -0.3 is 15.2 Å². The normalized spacial score (nSPS) is 15.4. The van der Waals surface area contributed by atoms with Crippen molar-refractivity contribution in [1.29, 1.82) is 0 Å². The smallest absolute Gasteiger partial charge is 0.401 e. The van der Waals surface area contributed by atoms with Crippen molar-refractivity contribution in [3.05, 3.63) is 57.6 Å². The molecule has 2 N–H and O–H groups in total. The fourth-order valence-corrected chi connectivity index (χ4v) is 3.64. The van der Waals surface area contributed by atoms with Gasteiger partial charge in [-0.1, -0.05) is 38.1 Å². The van der Waals surface area contributed by atoms with Gasteiger partial charge in [0.15, 0.2) is 0 Å². The van der Waals surface area contributed by atoms with Crippen molar-refractivity contribution < 1.29 is 19.1 Å². The lowest BCUT2D eigenvalue weighted by atomic mass is 9.86. The van der Waals surface area contributed by atoms with Gasteiger partial charge in [0, 0.05) is 11.5 Å². The second kappa shape index (κ2) is 7.06. The number of primary amides is 1. The lowest BCUT2D eigenvalue weighted by Crippen LogP contribution is -2.28. The molecule has 0 radical (unpaired) electrons. The van der Waals surface area contributed by atoms with Gasteiger partial charge in [-0.05, 0) is 54.5 Å². The van der Waals surface area contributed by atoms with E-state index in [1.165, 1.54) is 5.56 Å². The summed E-state index contributed by atoms with van der Waals surface area (Å²) in [5.41, 5.74) is 11.0. The molecule has 0 saturated heterocycles. The Labute approximate surface area is 159 Å². The SMILES string of the molecule is Cc1c(C)c2c(c(C)c1OC(=O)C(N)=O)C(c1ccc(C(C)C)cc1)CO2. The van der Waals surface area contributed by atoms with Crippen LogP contribution in [0.3, 0.4) is 0 Å². The molecule has 27 heavy (non-hydrogen) atoms. The average Bonchev–Trinajstić information content (AvgIpc) is 3.08. The number of hydrogen-bond donors (Lipinski definition) is 1. The van der Waals surface area contributed by atoms with Crippen molar-refractivity contribution in [2.45, 2.75) is 46.5 Å². The van der Waals surface area contributed by atoms with Gasteiger partial charge in [0.2, 0.25) is 0 Å². The monoisotopic (exact) mass is 367 g/mol. The molecule has 1 aliphatic heterocycles. The molecule has 1 aliphatic rings. The van der Waals surface area contributed by atoms with E-state index < -0.39 is 11.9 Å². The van der Waals surface area contributed by atoms with Crippen molar-refractivity contribution in [3.8, 4) is 11.5 Å². The van der Waals surface area contributed by atoms with Crippen molar-refractivity contribution in [3.63, 3.8) is 0 Å². The molecule has 0 saturated carbocycles. The average molecular weight is 367 g/mol. The molecule has 1 atom stereocenters. The van der Waals surface area contributed by atoms with Gasteiger partial charge in [-0.2, -0.15) is 0 Å². The summed E-state index contributed by atoms with van der Waals surface area (Å²) in [6.07, 6.45) is 0. The van der Waals surface area contributed by atoms with E-state index >= 15 is 0 Å². The topological polar surface area (TPSA) is 78.6 Å². The first kappa shape index (κ1) is 19.0. The molecule has 0 bridgehead atoms. The van der Waals surface area contributed by atoms with E-state index in [9.17, 15) is 9.59 Å². The minimum atomic E-state index is -1.11. The van der Waals surface area contributed by atoms with Crippen LogP contribution in [0.5, 0.6) is 11.5 Å². The summed E-state index contributed by atoms with van der Waals surface area (Å²) in [5.74, 6) is -0.420. The Balaban J connectivity index is 2.08. The quantitative estimate of drug-likeness (QED) is 0.510. The van der Waals surface area contributed by atoms with E-state index in [0.29, 0.717) is 18.3 Å². The predicted octanol–water partition coefficient (Wildman–Crippen LogP) is 3.65. The van der Waals surface area contributed by atoms with Crippen LogP contribution in [-0.2, 0) is 9.59 Å². The van der Waals surface area contributed by atoms with Gasteiger partial charge >= 0.3 is 11.9 Å². The van der Waals surface area contributed by atoms with Crippen molar-refractivity contribution >= 4 is 11.9 Å². The molecule has 3 rings (SSSR count). The zero-order valence-electron chi connectivity index (χ0n) is 16.4. The number of benzene rings is 2. The van der Waals surface area contributed by atoms with Crippen LogP contribution in [0, 0.1) is 20.8 Å². The Morgan fingerprint density at radius 3 is 2.26 bits per heavy atom. The van der Waals surface area contributed by atoms with Gasteiger partial charge in [0.25, 0.3) is 0 Å². The van der Waals surface area contributed by atoms with Crippen LogP contribution in [0.1, 0.15) is 59.1 Å². The molecule has 0 spiro atoms. The highest BCUT2D eigenvalue weighted by molar-refractivity contribution is 6.32. The Bertz CT molecular complexity index is 913. The number of esters is 1. The van der Waals surface area contributed by atoms with E-state index in [1.807, 2.05) is 20.8 Å². The number of carbonyl (C=O) groups is 2. The number of carbonyl (C=O) groups excluding carboxylic acids is 2. The van der Waals surface area contributed by atoms with Crippen LogP contribution >= 0.6 is 0 Å². The highest BCUT2D eigenvalue weighted by Gasteiger charge is 2.33. The molecule has 0 aromatic heterocycles. The minimum Gasteiger partial charge on any atom is -0.492 e. The second-order valence-electron chi connectivity index (χ2n) is 7.39. The maximum atomic E-state index is 11.8. The fraction of sp³-hybridized carbons (Fsp3) is 0.364. The molecular formula is C22H25NO4. The summed E-state index contributed by atoms with van der Waals surface area (Å²) in [7, 11) is 0. The van der Waals surface area contributed by atoms with E-state index in [4.69, 9.17) is 15.2 Å². The Kier molecular flexibility index (Phi) is 4.96. The highest BCUT2D eigenvalue weighted by atomic mass is 16.5. The number of nitrogens with two attached hydrogens (primary N) is 1. The molecule has 1 heterocycles. The Morgan fingerprint density at radius 2 is 1.70 bits per heavy atom. The zero-order valence-corrected chi connectivity index (χ0v) is 16.4. The van der Waals surface area contributed by atoms with Gasteiger partial charge in [-0.15, -0.1) is 0 Å². The predicted molar refractivity (Wildman–Crippen MR) is 103 cm³/mol. The summed E-state index contributed by atoms with van der Waals surface area (Å²) in [6, 6.07) is 8.54. The summed E-state index contributed by atoms with van der Waals surface area (Å²) in [5, 5.41) is 0. The molecule has 142 valence electrons. The largest absolute Gasteiger partial charge is 0.492 e. The van der Waals surface area contributed by atoms with Crippen molar-refractivity contribution in [2.24, 2.45) is 5.73 Å². The maximum absolute atomic E-state index is 11.8. The molecule has 5 nitrogen and oxygen atoms in total. The first-order valence-corrected chi connectivity index (χ1v) is 9.10. The van der Waals surface area contributed by atoms with Gasteiger partial charge in [-0.3, -0.25) is 4.79 Å². The van der Waals surface area contributed by atoms with Gasteiger partial charge in [-0.25, -0.2) is 4.79 Å². The summed E-state index contributed by atoms with van der Waals surface area (Å²) < 4.78 is 11.3. The van der Waals surface area contributed by atoms with E-state index in [1.54, 1.807) is 0 Å². The van der Waals surface area contributed by atoms with Crippen LogP contribution in [0.15, 0.2) is 24.3 Å². The van der Waals surface area contributed by atoms with Crippen molar-refractivity contribution in [2.75, 3.05) is 6.61 Å². The van der Waals surface area contributed by atoms with E-state index in [2.05, 4.69) is 38.1 Å². The number of ether oxygens (including phenoxy) is 2. The maximum Gasteiger partial charge on any atom is 0.401 e. The zero-order chi connectivity index (χ0) is 19.9. The molecule has 0 aliphatic carbocycles. The second-order valence-corrected chi connectivity index (χ2v) is 7.39. The fourth-order valence-electron chi connectivity index (χ4n) is 3.64. The summed E-state index contributed by atoms with van der Waals surface area (Å²) >= 11 is 0. The molecule has 0 fully saturated rings. The minimum absolute atomic E-state index is 0.0477. The van der Waals surface area contributed by atoms with Crippen LogP contribution < -0.4 is 15.2 Å². The van der Waals surface area contributed by atoms with Crippen LogP contribution in [0.25, 0.3) is 0 Å². The Hall–Kier alpha value is -2.82. The molecule has 5 heteroatoms. The molecule has 2 aromatic carbocycles. The number of hydrogen-bond acceptors (Lipinski definition) is 4. The molecule has 1 amide bonds. The van der Waals surface area contributed by atoms with Crippen LogP contribution in [0.2, 0.25) is 0 Å². The first-order chi connectivity index (χ1) is 12.7. The first-order valence-electron chi connectivity index (χ1n) is 9.10. The van der Waals surface area contributed by atoms with Crippen LogP contribution in [-0.4, -0.2) is 18.5 Å². The summed E-state index contributed by atoms with van der Waals surface area (Å²) in [4.78, 5) is 22.9.